The zero-order valence-electron chi connectivity index (χ0n) is 9.68. The van der Waals surface area contributed by atoms with Gasteiger partial charge in [0, 0.05) is 19.2 Å². The summed E-state index contributed by atoms with van der Waals surface area (Å²) < 4.78 is 12.3. The molecule has 1 rings (SSSR count). The minimum Gasteiger partial charge on any atom is -0.400 e. The number of hydrogen-bond donors (Lipinski definition) is 1. The molecule has 0 bridgehead atoms. The summed E-state index contributed by atoms with van der Waals surface area (Å²) in [6.07, 6.45) is 2.77. The van der Waals surface area contributed by atoms with Crippen LogP contribution in [0.1, 0.15) is 33.6 Å². The van der Waals surface area contributed by atoms with Gasteiger partial charge < -0.3 is 5.11 Å². The van der Waals surface area contributed by atoms with E-state index in [9.17, 15) is 4.39 Å². The van der Waals surface area contributed by atoms with E-state index in [2.05, 4.69) is 25.7 Å². The Labute approximate surface area is 86.4 Å². The van der Waals surface area contributed by atoms with E-state index in [1.807, 2.05) is 0 Å². The van der Waals surface area contributed by atoms with E-state index >= 15 is 0 Å². The summed E-state index contributed by atoms with van der Waals surface area (Å²) in [7, 11) is 1.00. The number of hydrogen-bond acceptors (Lipinski definition) is 2. The molecule has 3 heteroatoms. The highest BCUT2D eigenvalue weighted by Crippen LogP contribution is 2.34. The Morgan fingerprint density at radius 2 is 2.07 bits per heavy atom. The lowest BCUT2D eigenvalue weighted by molar-refractivity contribution is 0.159. The molecule has 0 aromatic heterocycles. The smallest absolute Gasteiger partial charge is 0.0872 e. The molecule has 1 aliphatic heterocycles. The zero-order chi connectivity index (χ0) is 11.2. The summed E-state index contributed by atoms with van der Waals surface area (Å²) in [4.78, 5) is 2.35. The Morgan fingerprint density at radius 1 is 1.50 bits per heavy atom. The fraction of sp³-hybridized carbons (Fsp3) is 0.818. The van der Waals surface area contributed by atoms with Crippen molar-refractivity contribution in [1.82, 2.24) is 4.90 Å². The first-order valence-electron chi connectivity index (χ1n) is 5.14. The Kier molecular flexibility index (Phi) is 5.96. The summed E-state index contributed by atoms with van der Waals surface area (Å²) in [6.45, 7) is 8.35. The SMILES string of the molecule is CCN1C/C(=C\F)CC1(C)CC.CO. The minimum atomic E-state index is 0.201. The molecule has 0 aromatic rings. The van der Waals surface area contributed by atoms with Gasteiger partial charge in [-0.15, -0.1) is 0 Å². The average molecular weight is 203 g/mol. The van der Waals surface area contributed by atoms with Crippen LogP contribution in [0, 0.1) is 0 Å². The normalized spacial score (nSPS) is 30.3. The fourth-order valence-corrected chi connectivity index (χ4v) is 2.01. The van der Waals surface area contributed by atoms with Crippen LogP contribution in [-0.4, -0.2) is 35.7 Å². The molecule has 1 N–H and O–H groups in total. The van der Waals surface area contributed by atoms with Crippen molar-refractivity contribution in [3.8, 4) is 0 Å². The van der Waals surface area contributed by atoms with Gasteiger partial charge in [-0.05, 0) is 31.9 Å². The Hall–Kier alpha value is -0.410. The molecule has 1 aliphatic rings. The number of likely N-dealkylation sites (N-methyl/N-ethyl adjacent to an activating group) is 1. The molecular weight excluding hydrogens is 181 g/mol. The average Bonchev–Trinajstić information content (AvgIpc) is 2.59. The van der Waals surface area contributed by atoms with Crippen LogP contribution in [0.15, 0.2) is 11.9 Å². The topological polar surface area (TPSA) is 23.5 Å². The Bertz CT molecular complexity index is 194. The first-order valence-corrected chi connectivity index (χ1v) is 5.14. The molecule has 0 aliphatic carbocycles. The highest BCUT2D eigenvalue weighted by molar-refractivity contribution is 5.14. The molecule has 0 aromatic carbocycles. The molecule has 14 heavy (non-hydrogen) atoms. The molecule has 0 spiro atoms. The maximum Gasteiger partial charge on any atom is 0.0872 e. The van der Waals surface area contributed by atoms with Gasteiger partial charge >= 0.3 is 0 Å². The van der Waals surface area contributed by atoms with Crippen molar-refractivity contribution >= 4 is 0 Å². The molecule has 84 valence electrons. The van der Waals surface area contributed by atoms with Crippen LogP contribution in [0.3, 0.4) is 0 Å². The maximum absolute atomic E-state index is 12.3. The summed E-state index contributed by atoms with van der Waals surface area (Å²) in [5.74, 6) is 0. The highest BCUT2D eigenvalue weighted by Gasteiger charge is 2.36. The molecule has 2 nitrogen and oxygen atoms in total. The summed E-state index contributed by atoms with van der Waals surface area (Å²) in [6, 6.07) is 0. The number of aliphatic hydroxyl groups excluding tert-OH is 1. The largest absolute Gasteiger partial charge is 0.400 e. The van der Waals surface area contributed by atoms with Gasteiger partial charge in [-0.1, -0.05) is 13.8 Å². The molecule has 0 saturated carbocycles. The van der Waals surface area contributed by atoms with Crippen molar-refractivity contribution in [2.75, 3.05) is 20.2 Å². The first-order chi connectivity index (χ1) is 6.66. The van der Waals surface area contributed by atoms with Crippen LogP contribution in [0.2, 0.25) is 0 Å². The second-order valence-corrected chi connectivity index (χ2v) is 3.81. The third-order valence-electron chi connectivity index (χ3n) is 3.06. The van der Waals surface area contributed by atoms with Crippen molar-refractivity contribution in [1.29, 1.82) is 0 Å². The molecule has 0 amide bonds. The zero-order valence-corrected chi connectivity index (χ0v) is 9.68. The predicted octanol–water partition coefficient (Wildman–Crippen LogP) is 2.34. The van der Waals surface area contributed by atoms with Gasteiger partial charge in [0.2, 0.25) is 0 Å². The van der Waals surface area contributed by atoms with E-state index in [0.717, 1.165) is 44.9 Å². The van der Waals surface area contributed by atoms with Gasteiger partial charge in [-0.2, -0.15) is 0 Å². The Balaban J connectivity index is 0.000000791. The van der Waals surface area contributed by atoms with Gasteiger partial charge in [0.05, 0.1) is 6.33 Å². The number of rotatable bonds is 2. The molecule has 1 saturated heterocycles. The number of halogens is 1. The molecule has 1 fully saturated rings. The third kappa shape index (κ3) is 2.79. The van der Waals surface area contributed by atoms with Crippen molar-refractivity contribution < 1.29 is 9.50 Å². The number of nitrogens with zero attached hydrogens (tertiary/aromatic N) is 1. The molecule has 1 heterocycles. The molecular formula is C11H22FNO. The van der Waals surface area contributed by atoms with E-state index in [1.54, 1.807) is 0 Å². The number of aliphatic hydroxyl groups is 1. The van der Waals surface area contributed by atoms with Crippen molar-refractivity contribution in [3.05, 3.63) is 11.9 Å². The lowest BCUT2D eigenvalue weighted by Crippen LogP contribution is -2.40. The summed E-state index contributed by atoms with van der Waals surface area (Å²) in [5, 5.41) is 7.00. The molecule has 1 unspecified atom stereocenters. The molecule has 1 atom stereocenters. The Morgan fingerprint density at radius 3 is 2.36 bits per heavy atom. The van der Waals surface area contributed by atoms with Crippen LogP contribution < -0.4 is 0 Å². The second kappa shape index (κ2) is 6.14. The van der Waals surface area contributed by atoms with E-state index in [1.165, 1.54) is 0 Å². The quantitative estimate of drug-likeness (QED) is 0.744. The molecule has 0 radical (unpaired) electrons. The summed E-state index contributed by atoms with van der Waals surface area (Å²) >= 11 is 0. The van der Waals surface area contributed by atoms with Crippen molar-refractivity contribution in [2.45, 2.75) is 39.2 Å². The van der Waals surface area contributed by atoms with Crippen LogP contribution in [0.4, 0.5) is 4.39 Å². The highest BCUT2D eigenvalue weighted by atomic mass is 19.1. The van der Waals surface area contributed by atoms with Crippen molar-refractivity contribution in [2.24, 2.45) is 0 Å². The third-order valence-corrected chi connectivity index (χ3v) is 3.06. The number of likely N-dealkylation sites (tertiary alicyclic amines) is 1. The van der Waals surface area contributed by atoms with E-state index in [0.29, 0.717) is 0 Å². The van der Waals surface area contributed by atoms with Crippen LogP contribution in [0.5, 0.6) is 0 Å². The van der Waals surface area contributed by atoms with Crippen LogP contribution in [0.25, 0.3) is 0 Å². The van der Waals surface area contributed by atoms with Gasteiger partial charge in [0.25, 0.3) is 0 Å². The van der Waals surface area contributed by atoms with Gasteiger partial charge in [-0.3, -0.25) is 4.90 Å². The van der Waals surface area contributed by atoms with Gasteiger partial charge in [0.15, 0.2) is 0 Å². The van der Waals surface area contributed by atoms with E-state index < -0.39 is 0 Å². The van der Waals surface area contributed by atoms with E-state index in [4.69, 9.17) is 5.11 Å². The lowest BCUT2D eigenvalue weighted by atomic mass is 9.94. The van der Waals surface area contributed by atoms with Gasteiger partial charge in [0.1, 0.15) is 0 Å². The lowest BCUT2D eigenvalue weighted by Gasteiger charge is -2.32. The first kappa shape index (κ1) is 13.6. The van der Waals surface area contributed by atoms with Crippen LogP contribution in [-0.2, 0) is 0 Å². The maximum atomic E-state index is 12.3. The van der Waals surface area contributed by atoms with Gasteiger partial charge in [-0.25, -0.2) is 4.39 Å². The minimum absolute atomic E-state index is 0.201. The fourth-order valence-electron chi connectivity index (χ4n) is 2.01. The van der Waals surface area contributed by atoms with Crippen molar-refractivity contribution in [3.63, 3.8) is 0 Å². The standard InChI is InChI=1S/C10H18FN.CH4O/c1-4-10(3)6-9(7-11)8-12(10)5-2;1-2/h7H,4-6,8H2,1-3H3;2H,1H3/b9-7-;. The predicted molar refractivity (Wildman–Crippen MR) is 57.9 cm³/mol. The summed E-state index contributed by atoms with van der Waals surface area (Å²) in [5.41, 5.74) is 1.15. The second-order valence-electron chi connectivity index (χ2n) is 3.81. The monoisotopic (exact) mass is 203 g/mol. The van der Waals surface area contributed by atoms with Crippen LogP contribution >= 0.6 is 0 Å². The van der Waals surface area contributed by atoms with E-state index in [-0.39, 0.29) is 5.54 Å².